The van der Waals surface area contributed by atoms with Crippen molar-refractivity contribution < 1.29 is 46.6 Å². The lowest BCUT2D eigenvalue weighted by atomic mass is 9.90. The van der Waals surface area contributed by atoms with Gasteiger partial charge in [0.1, 0.15) is 12.2 Å². The van der Waals surface area contributed by atoms with E-state index in [9.17, 15) is 32.3 Å². The third-order valence-corrected chi connectivity index (χ3v) is 9.22. The average molecular weight is 783 g/mol. The molecule has 0 spiro atoms. The Hall–Kier alpha value is -4.31. The SMILES string of the molecule is CCC.CCC(C)C(C(CC(=O)N1CCCC1C(OC)C(C)C(=O)NCC(=O)OC)OC)N(C)C(=O)CNc1nccc(C(F)(F)F)n1.Cc1ccccc1. The molecule has 2 heterocycles. The van der Waals surface area contributed by atoms with Crippen LogP contribution < -0.4 is 10.6 Å². The molecule has 16 heteroatoms. The van der Waals surface area contributed by atoms with Crippen molar-refractivity contribution in [3.63, 3.8) is 0 Å². The van der Waals surface area contributed by atoms with Crippen LogP contribution in [0.3, 0.4) is 0 Å². The number of nitrogens with zero attached hydrogens (tertiary/aromatic N) is 4. The van der Waals surface area contributed by atoms with Crippen molar-refractivity contribution in [1.29, 1.82) is 0 Å². The molecule has 0 aliphatic carbocycles. The van der Waals surface area contributed by atoms with Gasteiger partial charge in [0.05, 0.1) is 50.3 Å². The number of methoxy groups -OCH3 is 3. The zero-order valence-electron chi connectivity index (χ0n) is 33.9. The lowest BCUT2D eigenvalue weighted by Gasteiger charge is -2.39. The van der Waals surface area contributed by atoms with Crippen LogP contribution in [0.5, 0.6) is 0 Å². The fraction of sp³-hybridized carbons (Fsp3) is 0.641. The highest BCUT2D eigenvalue weighted by molar-refractivity contribution is 5.84. The molecule has 1 fully saturated rings. The highest BCUT2D eigenvalue weighted by atomic mass is 19.4. The molecule has 1 aromatic carbocycles. The summed E-state index contributed by atoms with van der Waals surface area (Å²) in [7, 11) is 5.69. The molecule has 0 radical (unpaired) electrons. The van der Waals surface area contributed by atoms with E-state index in [0.717, 1.165) is 12.3 Å². The normalized spacial score (nSPS) is 16.5. The summed E-state index contributed by atoms with van der Waals surface area (Å²) in [5, 5.41) is 5.08. The van der Waals surface area contributed by atoms with E-state index in [1.165, 1.54) is 38.2 Å². The van der Waals surface area contributed by atoms with Crippen LogP contribution in [0, 0.1) is 18.8 Å². The molecule has 2 N–H and O–H groups in total. The van der Waals surface area contributed by atoms with E-state index in [4.69, 9.17) is 9.47 Å². The van der Waals surface area contributed by atoms with Gasteiger partial charge in [0.2, 0.25) is 23.7 Å². The first-order chi connectivity index (χ1) is 26.0. The van der Waals surface area contributed by atoms with Gasteiger partial charge < -0.3 is 34.6 Å². The van der Waals surface area contributed by atoms with Crippen molar-refractivity contribution in [3.8, 4) is 0 Å². The first-order valence-electron chi connectivity index (χ1n) is 18.6. The molecule has 1 aromatic heterocycles. The summed E-state index contributed by atoms with van der Waals surface area (Å²) in [6.45, 7) is 11.6. The van der Waals surface area contributed by atoms with Gasteiger partial charge >= 0.3 is 12.1 Å². The van der Waals surface area contributed by atoms with Crippen molar-refractivity contribution in [1.82, 2.24) is 25.1 Å². The largest absolute Gasteiger partial charge is 0.468 e. The minimum Gasteiger partial charge on any atom is -0.468 e. The number of amides is 3. The summed E-state index contributed by atoms with van der Waals surface area (Å²) in [5.41, 5.74) is 0.186. The Bertz CT molecular complexity index is 1450. The van der Waals surface area contributed by atoms with E-state index >= 15 is 0 Å². The number of carbonyl (C=O) groups excluding carboxylic acids is 4. The molecule has 1 saturated heterocycles. The molecule has 0 saturated carbocycles. The third-order valence-electron chi connectivity index (χ3n) is 9.22. The fourth-order valence-corrected chi connectivity index (χ4v) is 6.13. The summed E-state index contributed by atoms with van der Waals surface area (Å²) < 4.78 is 55.1. The molecule has 6 unspecified atom stereocenters. The summed E-state index contributed by atoms with van der Waals surface area (Å²) in [4.78, 5) is 61.4. The Morgan fingerprint density at radius 1 is 1.00 bits per heavy atom. The number of hydrogen-bond donors (Lipinski definition) is 2. The van der Waals surface area contributed by atoms with Crippen LogP contribution in [0.15, 0.2) is 42.6 Å². The zero-order chi connectivity index (χ0) is 41.7. The van der Waals surface area contributed by atoms with Crippen LogP contribution in [0.2, 0.25) is 0 Å². The molecule has 2 aromatic rings. The molecule has 3 amide bonds. The number of nitrogens with one attached hydrogen (secondary N) is 2. The van der Waals surface area contributed by atoms with E-state index < -0.39 is 59.9 Å². The number of hydrogen-bond acceptors (Lipinski definition) is 10. The monoisotopic (exact) mass is 782 g/mol. The number of ether oxygens (including phenoxy) is 3. The summed E-state index contributed by atoms with van der Waals surface area (Å²) in [6, 6.07) is 10.0. The smallest absolute Gasteiger partial charge is 0.433 e. The van der Waals surface area contributed by atoms with Crippen molar-refractivity contribution in [2.24, 2.45) is 11.8 Å². The Morgan fingerprint density at radius 2 is 1.64 bits per heavy atom. The second kappa shape index (κ2) is 25.0. The molecular weight excluding hydrogens is 721 g/mol. The Kier molecular flexibility index (Phi) is 22.1. The molecule has 310 valence electrons. The number of halogens is 3. The minimum absolute atomic E-state index is 0.0663. The highest BCUT2D eigenvalue weighted by Gasteiger charge is 2.42. The number of likely N-dealkylation sites (N-methyl/N-ethyl adjacent to an activating group) is 1. The van der Waals surface area contributed by atoms with Gasteiger partial charge in [-0.25, -0.2) is 9.97 Å². The topological polar surface area (TPSA) is 152 Å². The summed E-state index contributed by atoms with van der Waals surface area (Å²) >= 11 is 0. The van der Waals surface area contributed by atoms with Crippen molar-refractivity contribution in [2.45, 2.75) is 104 Å². The van der Waals surface area contributed by atoms with Crippen molar-refractivity contribution >= 4 is 29.6 Å². The number of carbonyl (C=O) groups is 4. The second-order valence-electron chi connectivity index (χ2n) is 13.4. The quantitative estimate of drug-likeness (QED) is 0.208. The van der Waals surface area contributed by atoms with Gasteiger partial charge in [0.25, 0.3) is 0 Å². The van der Waals surface area contributed by atoms with Crippen molar-refractivity contribution in [2.75, 3.05) is 53.3 Å². The highest BCUT2D eigenvalue weighted by Crippen LogP contribution is 2.30. The fourth-order valence-electron chi connectivity index (χ4n) is 6.13. The van der Waals surface area contributed by atoms with E-state index in [1.807, 2.05) is 32.0 Å². The maximum absolute atomic E-state index is 13.7. The maximum Gasteiger partial charge on any atom is 0.433 e. The van der Waals surface area contributed by atoms with Gasteiger partial charge in [0.15, 0.2) is 0 Å². The summed E-state index contributed by atoms with van der Waals surface area (Å²) in [5.74, 6) is -2.83. The molecule has 1 aliphatic heterocycles. The van der Waals surface area contributed by atoms with E-state index in [2.05, 4.69) is 58.2 Å². The van der Waals surface area contributed by atoms with Gasteiger partial charge in [-0.2, -0.15) is 13.2 Å². The van der Waals surface area contributed by atoms with Gasteiger partial charge in [-0.05, 0) is 31.7 Å². The number of aromatic nitrogens is 2. The average Bonchev–Trinajstić information content (AvgIpc) is 3.66. The molecule has 1 aliphatic rings. The molecule has 6 atom stereocenters. The van der Waals surface area contributed by atoms with Crippen LogP contribution in [-0.4, -0.2) is 116 Å². The third kappa shape index (κ3) is 16.1. The van der Waals surface area contributed by atoms with E-state index in [-0.39, 0.29) is 37.3 Å². The second-order valence-corrected chi connectivity index (χ2v) is 13.4. The standard InChI is InChI=1S/C29H45F3N6O7.C7H8.C3H8/c1-8-17(2)25(37(4)23(40)15-35-28-33-12-11-21(36-28)29(30,31)32)20(43-5)14-22(39)38-13-9-10-19(38)26(45-7)18(3)27(42)34-16-24(41)44-6;1-7-5-3-2-4-6-7;1-3-2/h11-12,17-20,25-26H,8-10,13-16H2,1-7H3,(H,34,42)(H,33,35,36);2-6H,1H3;3H2,1-2H3. The first-order valence-corrected chi connectivity index (χ1v) is 18.6. The number of esters is 1. The predicted molar refractivity (Wildman–Crippen MR) is 204 cm³/mol. The Morgan fingerprint density at radius 3 is 2.15 bits per heavy atom. The number of aryl methyl sites for hydroxylation is 1. The molecule has 3 rings (SSSR count). The Labute approximate surface area is 324 Å². The van der Waals surface area contributed by atoms with E-state index in [0.29, 0.717) is 25.8 Å². The van der Waals surface area contributed by atoms with Gasteiger partial charge in [-0.1, -0.05) is 83.4 Å². The van der Waals surface area contributed by atoms with Crippen LogP contribution >= 0.6 is 0 Å². The number of rotatable bonds is 16. The first kappa shape index (κ1) is 48.7. The zero-order valence-corrected chi connectivity index (χ0v) is 33.9. The van der Waals surface area contributed by atoms with Crippen molar-refractivity contribution in [3.05, 3.63) is 53.9 Å². The van der Waals surface area contributed by atoms with Gasteiger partial charge in [-0.15, -0.1) is 0 Å². The molecule has 55 heavy (non-hydrogen) atoms. The maximum atomic E-state index is 13.7. The minimum atomic E-state index is -4.66. The van der Waals surface area contributed by atoms with E-state index in [1.54, 1.807) is 18.9 Å². The molecule has 13 nitrogen and oxygen atoms in total. The number of benzene rings is 1. The Balaban J connectivity index is 0.00000132. The van der Waals surface area contributed by atoms with Gasteiger partial charge in [0, 0.05) is 34.0 Å². The molecule has 0 bridgehead atoms. The predicted octanol–water partition coefficient (Wildman–Crippen LogP) is 5.53. The van der Waals surface area contributed by atoms with Crippen LogP contribution in [-0.2, 0) is 39.6 Å². The lowest BCUT2D eigenvalue weighted by molar-refractivity contribution is -0.146. The number of anilines is 1. The molecular formula is C39H61F3N6O7. The number of alkyl halides is 3. The number of likely N-dealkylation sites (tertiary alicyclic amines) is 1. The van der Waals surface area contributed by atoms with Crippen LogP contribution in [0.25, 0.3) is 0 Å². The lowest BCUT2D eigenvalue weighted by Crippen LogP contribution is -2.54. The van der Waals surface area contributed by atoms with Crippen LogP contribution in [0.4, 0.5) is 19.1 Å². The van der Waals surface area contributed by atoms with Gasteiger partial charge in [-0.3, -0.25) is 19.2 Å². The van der Waals surface area contributed by atoms with Crippen LogP contribution in [0.1, 0.15) is 78.0 Å². The summed E-state index contributed by atoms with van der Waals surface area (Å²) in [6.07, 6.45) is -1.93.